The summed E-state index contributed by atoms with van der Waals surface area (Å²) in [7, 11) is 0. The standard InChI is InChI=1S/C18H22N2O2/c1-13(21)7-14-3-2-4-15(8-14)16-9-18(11-19-10-16)22-12-17-5-6-20-17/h2-4,8-11,13,17,20-21H,5-7,12H2,1H3/t13-,17-/m0/s1. The number of nitrogens with one attached hydrogen (secondary N) is 1. The second kappa shape index (κ2) is 6.90. The Morgan fingerprint density at radius 2 is 2.18 bits per heavy atom. The van der Waals surface area contributed by atoms with Gasteiger partial charge in [0.2, 0.25) is 0 Å². The lowest BCUT2D eigenvalue weighted by Crippen LogP contribution is -2.46. The van der Waals surface area contributed by atoms with Crippen LogP contribution in [0.3, 0.4) is 0 Å². The Morgan fingerprint density at radius 3 is 2.91 bits per heavy atom. The van der Waals surface area contributed by atoms with Crippen LogP contribution in [0.5, 0.6) is 5.75 Å². The molecule has 0 unspecified atom stereocenters. The summed E-state index contributed by atoms with van der Waals surface area (Å²) in [6.07, 6.45) is 5.09. The molecule has 1 aliphatic rings. The molecule has 2 atom stereocenters. The fourth-order valence-electron chi connectivity index (χ4n) is 2.56. The van der Waals surface area contributed by atoms with Gasteiger partial charge in [0, 0.05) is 17.8 Å². The number of nitrogens with zero attached hydrogens (tertiary/aromatic N) is 1. The second-order valence-electron chi connectivity index (χ2n) is 5.91. The first-order valence-corrected chi connectivity index (χ1v) is 7.79. The predicted molar refractivity (Wildman–Crippen MR) is 87.0 cm³/mol. The van der Waals surface area contributed by atoms with E-state index in [1.807, 2.05) is 24.4 Å². The molecule has 0 amide bonds. The Labute approximate surface area is 131 Å². The molecule has 22 heavy (non-hydrogen) atoms. The van der Waals surface area contributed by atoms with Crippen LogP contribution >= 0.6 is 0 Å². The Balaban J connectivity index is 1.73. The number of ether oxygens (including phenoxy) is 1. The van der Waals surface area contributed by atoms with Crippen LogP contribution in [0.2, 0.25) is 0 Å². The highest BCUT2D eigenvalue weighted by atomic mass is 16.5. The number of aromatic nitrogens is 1. The molecule has 0 bridgehead atoms. The first kappa shape index (κ1) is 15.0. The predicted octanol–water partition coefficient (Wildman–Crippen LogP) is 2.41. The number of hydrogen-bond acceptors (Lipinski definition) is 4. The maximum atomic E-state index is 9.52. The fourth-order valence-corrected chi connectivity index (χ4v) is 2.56. The summed E-state index contributed by atoms with van der Waals surface area (Å²) in [5.74, 6) is 0.798. The van der Waals surface area contributed by atoms with E-state index < -0.39 is 0 Å². The van der Waals surface area contributed by atoms with Crippen LogP contribution in [0.15, 0.2) is 42.7 Å². The first-order valence-electron chi connectivity index (χ1n) is 7.79. The minimum absolute atomic E-state index is 0.335. The van der Waals surface area contributed by atoms with E-state index in [4.69, 9.17) is 4.74 Å². The van der Waals surface area contributed by atoms with Crippen LogP contribution in [-0.2, 0) is 6.42 Å². The normalized spacial score (nSPS) is 18.5. The summed E-state index contributed by atoms with van der Waals surface area (Å²) < 4.78 is 5.80. The summed E-state index contributed by atoms with van der Waals surface area (Å²) >= 11 is 0. The third-order valence-corrected chi connectivity index (χ3v) is 3.88. The zero-order chi connectivity index (χ0) is 15.4. The van der Waals surface area contributed by atoms with E-state index in [2.05, 4.69) is 22.4 Å². The van der Waals surface area contributed by atoms with E-state index in [0.717, 1.165) is 29.0 Å². The minimum Gasteiger partial charge on any atom is -0.490 e. The van der Waals surface area contributed by atoms with Crippen molar-refractivity contribution in [3.05, 3.63) is 48.3 Å². The molecule has 116 valence electrons. The second-order valence-corrected chi connectivity index (χ2v) is 5.91. The molecule has 1 aromatic carbocycles. The lowest BCUT2D eigenvalue weighted by Gasteiger charge is -2.27. The molecule has 2 heterocycles. The largest absolute Gasteiger partial charge is 0.490 e. The fraction of sp³-hybridized carbons (Fsp3) is 0.389. The van der Waals surface area contributed by atoms with Crippen molar-refractivity contribution >= 4 is 0 Å². The van der Waals surface area contributed by atoms with Crippen molar-refractivity contribution in [2.45, 2.75) is 31.9 Å². The van der Waals surface area contributed by atoms with E-state index in [1.54, 1.807) is 13.1 Å². The summed E-state index contributed by atoms with van der Waals surface area (Å²) in [5.41, 5.74) is 3.25. The number of aliphatic hydroxyl groups excluding tert-OH is 1. The van der Waals surface area contributed by atoms with Gasteiger partial charge in [-0.3, -0.25) is 4.98 Å². The van der Waals surface area contributed by atoms with Crippen LogP contribution in [0.1, 0.15) is 18.9 Å². The zero-order valence-corrected chi connectivity index (χ0v) is 12.8. The van der Waals surface area contributed by atoms with Crippen molar-refractivity contribution in [1.82, 2.24) is 10.3 Å². The van der Waals surface area contributed by atoms with E-state index in [-0.39, 0.29) is 6.10 Å². The zero-order valence-electron chi connectivity index (χ0n) is 12.8. The van der Waals surface area contributed by atoms with Crippen LogP contribution in [-0.4, -0.2) is 35.4 Å². The van der Waals surface area contributed by atoms with Gasteiger partial charge in [-0.1, -0.05) is 24.3 Å². The van der Waals surface area contributed by atoms with Crippen LogP contribution in [0.25, 0.3) is 11.1 Å². The van der Waals surface area contributed by atoms with Crippen molar-refractivity contribution < 1.29 is 9.84 Å². The van der Waals surface area contributed by atoms with Crippen molar-refractivity contribution in [2.24, 2.45) is 0 Å². The molecule has 0 radical (unpaired) electrons. The molecule has 3 rings (SSSR count). The van der Waals surface area contributed by atoms with Gasteiger partial charge in [0.1, 0.15) is 12.4 Å². The highest BCUT2D eigenvalue weighted by Gasteiger charge is 2.16. The summed E-state index contributed by atoms with van der Waals surface area (Å²) in [5, 5.41) is 12.8. The summed E-state index contributed by atoms with van der Waals surface area (Å²) in [6.45, 7) is 3.58. The smallest absolute Gasteiger partial charge is 0.138 e. The number of pyridine rings is 1. The molecule has 1 saturated heterocycles. The van der Waals surface area contributed by atoms with Crippen molar-refractivity contribution in [1.29, 1.82) is 0 Å². The highest BCUT2D eigenvalue weighted by molar-refractivity contribution is 5.64. The van der Waals surface area contributed by atoms with Gasteiger partial charge in [-0.25, -0.2) is 0 Å². The molecule has 4 nitrogen and oxygen atoms in total. The van der Waals surface area contributed by atoms with Crippen LogP contribution in [0, 0.1) is 0 Å². The van der Waals surface area contributed by atoms with Crippen molar-refractivity contribution in [3.63, 3.8) is 0 Å². The molecular weight excluding hydrogens is 276 g/mol. The Hall–Kier alpha value is -1.91. The van der Waals surface area contributed by atoms with E-state index in [1.165, 1.54) is 6.42 Å². The average Bonchev–Trinajstić information content (AvgIpc) is 2.46. The van der Waals surface area contributed by atoms with E-state index in [0.29, 0.717) is 19.1 Å². The van der Waals surface area contributed by atoms with Gasteiger partial charge in [-0.05, 0) is 43.5 Å². The third-order valence-electron chi connectivity index (χ3n) is 3.88. The van der Waals surface area contributed by atoms with Crippen molar-refractivity contribution in [2.75, 3.05) is 13.2 Å². The molecule has 2 N–H and O–H groups in total. The van der Waals surface area contributed by atoms with Gasteiger partial charge < -0.3 is 15.2 Å². The number of aliphatic hydroxyl groups is 1. The van der Waals surface area contributed by atoms with Gasteiger partial charge in [0.15, 0.2) is 0 Å². The monoisotopic (exact) mass is 298 g/mol. The third kappa shape index (κ3) is 3.84. The first-order chi connectivity index (χ1) is 10.7. The molecule has 4 heteroatoms. The number of rotatable bonds is 6. The SMILES string of the molecule is C[C@H](O)Cc1cccc(-c2cncc(OC[C@@H]3CCN3)c2)c1. The Morgan fingerprint density at radius 1 is 1.32 bits per heavy atom. The van der Waals surface area contributed by atoms with Gasteiger partial charge in [0.25, 0.3) is 0 Å². The summed E-state index contributed by atoms with van der Waals surface area (Å²) in [6, 6.07) is 10.7. The molecular formula is C18H22N2O2. The lowest BCUT2D eigenvalue weighted by atomic mass is 10.0. The molecule has 0 aliphatic carbocycles. The van der Waals surface area contributed by atoms with Crippen LogP contribution < -0.4 is 10.1 Å². The van der Waals surface area contributed by atoms with Gasteiger partial charge in [-0.15, -0.1) is 0 Å². The number of benzene rings is 1. The van der Waals surface area contributed by atoms with Gasteiger partial charge in [0.05, 0.1) is 12.3 Å². The Kier molecular flexibility index (Phi) is 4.71. The maximum Gasteiger partial charge on any atom is 0.138 e. The summed E-state index contributed by atoms with van der Waals surface area (Å²) in [4.78, 5) is 4.28. The Bertz CT molecular complexity index is 624. The molecule has 1 aliphatic heterocycles. The molecule has 2 aromatic rings. The van der Waals surface area contributed by atoms with Gasteiger partial charge >= 0.3 is 0 Å². The van der Waals surface area contributed by atoms with Gasteiger partial charge in [-0.2, -0.15) is 0 Å². The lowest BCUT2D eigenvalue weighted by molar-refractivity contribution is 0.195. The molecule has 1 fully saturated rings. The minimum atomic E-state index is -0.335. The van der Waals surface area contributed by atoms with E-state index in [9.17, 15) is 5.11 Å². The molecule has 0 saturated carbocycles. The average molecular weight is 298 g/mol. The van der Waals surface area contributed by atoms with Crippen LogP contribution in [0.4, 0.5) is 0 Å². The molecule has 1 aromatic heterocycles. The highest BCUT2D eigenvalue weighted by Crippen LogP contribution is 2.24. The number of hydrogen-bond donors (Lipinski definition) is 2. The van der Waals surface area contributed by atoms with Crippen molar-refractivity contribution in [3.8, 4) is 16.9 Å². The quantitative estimate of drug-likeness (QED) is 0.860. The van der Waals surface area contributed by atoms with E-state index >= 15 is 0 Å². The topological polar surface area (TPSA) is 54.4 Å². The molecule has 0 spiro atoms. The maximum absolute atomic E-state index is 9.52.